The molecule has 1 rings (SSSR count). The maximum absolute atomic E-state index is 10.9. The highest BCUT2D eigenvalue weighted by Crippen LogP contribution is 2.11. The molecule has 0 aliphatic carbocycles. The highest BCUT2D eigenvalue weighted by Gasteiger charge is 2.09. The fourth-order valence-corrected chi connectivity index (χ4v) is 0.840. The molecule has 0 fully saturated rings. The predicted octanol–water partition coefficient (Wildman–Crippen LogP) is 1.61. The third-order valence-electron chi connectivity index (χ3n) is 1.74. The van der Waals surface area contributed by atoms with Gasteiger partial charge in [0.1, 0.15) is 5.78 Å². The van der Waals surface area contributed by atoms with Gasteiger partial charge in [-0.2, -0.15) is 0 Å². The minimum absolute atomic E-state index is 0.0730. The van der Waals surface area contributed by atoms with Gasteiger partial charge in [-0.1, -0.05) is 6.07 Å². The van der Waals surface area contributed by atoms with Crippen LogP contribution in [0.5, 0.6) is 0 Å². The van der Waals surface area contributed by atoms with Crippen LogP contribution in [0.25, 0.3) is 0 Å². The fourth-order valence-electron chi connectivity index (χ4n) is 0.840. The summed E-state index contributed by atoms with van der Waals surface area (Å²) in [5.41, 5.74) is 0.847. The fraction of sp³-hybridized carbons (Fsp3) is 0.455. The Morgan fingerprint density at radius 1 is 1.43 bits per heavy atom. The minimum atomic E-state index is -0.0730. The molecule has 78 valence electrons. The molecule has 0 aliphatic rings. The largest absolute Gasteiger partial charge is 0.323 e. The van der Waals surface area contributed by atoms with E-state index in [1.807, 2.05) is 39.2 Å². The summed E-state index contributed by atoms with van der Waals surface area (Å²) in [4.78, 5) is 15.0. The lowest BCUT2D eigenvalue weighted by atomic mass is 10.0. The first kappa shape index (κ1) is 12.8. The molecule has 14 heavy (non-hydrogen) atoms. The van der Waals surface area contributed by atoms with Crippen LogP contribution in [-0.4, -0.2) is 24.9 Å². The molecule has 0 saturated heterocycles. The molecule has 0 saturated carbocycles. The lowest BCUT2D eigenvalue weighted by Crippen LogP contribution is -2.05. The molecule has 0 amide bonds. The molecule has 0 spiro atoms. The normalized spacial score (nSPS) is 11.1. The molecule has 0 radical (unpaired) electrons. The molecular weight excluding hydrogens is 176 g/mol. The van der Waals surface area contributed by atoms with Crippen LogP contribution in [0, 0.1) is 0 Å². The maximum Gasteiger partial charge on any atom is 0.138 e. The van der Waals surface area contributed by atoms with E-state index in [2.05, 4.69) is 10.3 Å². The van der Waals surface area contributed by atoms with Crippen LogP contribution in [0.4, 0.5) is 0 Å². The smallest absolute Gasteiger partial charge is 0.138 e. The van der Waals surface area contributed by atoms with Crippen molar-refractivity contribution in [2.45, 2.75) is 19.8 Å². The average Bonchev–Trinajstić information content (AvgIpc) is 2.19. The van der Waals surface area contributed by atoms with Crippen molar-refractivity contribution in [2.75, 3.05) is 14.1 Å². The number of carbonyl (C=O) groups is 1. The van der Waals surface area contributed by atoms with E-state index in [1.165, 1.54) is 0 Å². The number of Topliss-reactive ketones (excluding diaryl/α,β-unsaturated/α-hetero) is 1. The van der Waals surface area contributed by atoms with E-state index in [4.69, 9.17) is 0 Å². The van der Waals surface area contributed by atoms with Crippen molar-refractivity contribution >= 4 is 5.78 Å². The number of nitrogens with zero attached hydrogens (tertiary/aromatic N) is 1. The lowest BCUT2D eigenvalue weighted by Gasteiger charge is -2.04. The molecular formula is C11H18N2O. The van der Waals surface area contributed by atoms with Gasteiger partial charge in [0.2, 0.25) is 0 Å². The van der Waals surface area contributed by atoms with Gasteiger partial charge in [-0.15, -0.1) is 0 Å². The second-order valence-corrected chi connectivity index (χ2v) is 3.09. The summed E-state index contributed by atoms with van der Waals surface area (Å²) in [6.45, 7) is 3.45. The summed E-state index contributed by atoms with van der Waals surface area (Å²) in [5.74, 6) is 0.0832. The topological polar surface area (TPSA) is 42.0 Å². The van der Waals surface area contributed by atoms with Crippen molar-refractivity contribution in [3.8, 4) is 0 Å². The van der Waals surface area contributed by atoms with Crippen molar-refractivity contribution in [1.82, 2.24) is 10.3 Å². The number of hydrogen-bond donors (Lipinski definition) is 1. The van der Waals surface area contributed by atoms with E-state index in [1.54, 1.807) is 13.1 Å². The highest BCUT2D eigenvalue weighted by atomic mass is 16.1. The molecule has 0 aliphatic heterocycles. The van der Waals surface area contributed by atoms with Gasteiger partial charge in [-0.3, -0.25) is 9.78 Å². The van der Waals surface area contributed by atoms with Crippen molar-refractivity contribution in [2.24, 2.45) is 0 Å². The standard InChI is InChI=1S/C9H11NO.C2H7N/c1-7(8(2)11)9-5-3-4-6-10-9;1-3-2/h3-7H,1-2H3;3H,1-2H3. The van der Waals surface area contributed by atoms with Crippen LogP contribution in [-0.2, 0) is 4.79 Å². The van der Waals surface area contributed by atoms with E-state index in [-0.39, 0.29) is 11.7 Å². The number of pyridine rings is 1. The Labute approximate surface area is 85.6 Å². The van der Waals surface area contributed by atoms with E-state index in [0.29, 0.717) is 0 Å². The van der Waals surface area contributed by atoms with Gasteiger partial charge in [0.25, 0.3) is 0 Å². The molecule has 0 aromatic carbocycles. The molecule has 1 atom stereocenters. The third-order valence-corrected chi connectivity index (χ3v) is 1.74. The van der Waals surface area contributed by atoms with Crippen LogP contribution >= 0.6 is 0 Å². The lowest BCUT2D eigenvalue weighted by molar-refractivity contribution is -0.118. The van der Waals surface area contributed by atoms with Crippen molar-refractivity contribution in [1.29, 1.82) is 0 Å². The van der Waals surface area contributed by atoms with Gasteiger partial charge in [-0.25, -0.2) is 0 Å². The Morgan fingerprint density at radius 3 is 2.36 bits per heavy atom. The molecule has 1 aromatic rings. The average molecular weight is 194 g/mol. The van der Waals surface area contributed by atoms with Crippen LogP contribution in [0.2, 0.25) is 0 Å². The molecule has 1 aromatic heterocycles. The summed E-state index contributed by atoms with van der Waals surface area (Å²) in [7, 11) is 3.75. The zero-order chi connectivity index (χ0) is 11.0. The van der Waals surface area contributed by atoms with Crippen LogP contribution in [0.15, 0.2) is 24.4 Å². The Morgan fingerprint density at radius 2 is 2.00 bits per heavy atom. The van der Waals surface area contributed by atoms with Gasteiger partial charge in [0.05, 0.1) is 11.6 Å². The van der Waals surface area contributed by atoms with Gasteiger partial charge >= 0.3 is 0 Å². The Kier molecular flexibility index (Phi) is 6.58. The summed E-state index contributed by atoms with van der Waals surface area (Å²) in [5, 5.41) is 2.75. The van der Waals surface area contributed by atoms with Crippen molar-refractivity contribution in [3.63, 3.8) is 0 Å². The molecule has 1 N–H and O–H groups in total. The van der Waals surface area contributed by atoms with E-state index < -0.39 is 0 Å². The van der Waals surface area contributed by atoms with Crippen LogP contribution in [0.3, 0.4) is 0 Å². The van der Waals surface area contributed by atoms with Gasteiger partial charge in [-0.05, 0) is 40.1 Å². The summed E-state index contributed by atoms with van der Waals surface area (Å²) < 4.78 is 0. The van der Waals surface area contributed by atoms with E-state index in [9.17, 15) is 4.79 Å². The number of ketones is 1. The Balaban J connectivity index is 0.000000500. The monoisotopic (exact) mass is 194 g/mol. The number of aromatic nitrogens is 1. The SMILES string of the molecule is CC(=O)C(C)c1ccccn1.CNC. The first-order chi connectivity index (χ1) is 6.63. The maximum atomic E-state index is 10.9. The van der Waals surface area contributed by atoms with Gasteiger partial charge < -0.3 is 5.32 Å². The second-order valence-electron chi connectivity index (χ2n) is 3.09. The number of rotatable bonds is 2. The quantitative estimate of drug-likeness (QED) is 0.777. The summed E-state index contributed by atoms with van der Waals surface area (Å²) >= 11 is 0. The van der Waals surface area contributed by atoms with Crippen LogP contribution in [0.1, 0.15) is 25.5 Å². The first-order valence-corrected chi connectivity index (χ1v) is 4.63. The number of carbonyl (C=O) groups excluding carboxylic acids is 1. The summed E-state index contributed by atoms with van der Waals surface area (Å²) in [6, 6.07) is 5.60. The van der Waals surface area contributed by atoms with Gasteiger partial charge in [0, 0.05) is 6.20 Å². The molecule has 3 heteroatoms. The molecule has 1 heterocycles. The second kappa shape index (κ2) is 7.21. The number of nitrogens with one attached hydrogen (secondary N) is 1. The zero-order valence-electron chi connectivity index (χ0n) is 9.24. The molecule has 3 nitrogen and oxygen atoms in total. The Bertz CT molecular complexity index is 259. The highest BCUT2D eigenvalue weighted by molar-refractivity contribution is 5.82. The molecule has 1 unspecified atom stereocenters. The first-order valence-electron chi connectivity index (χ1n) is 4.63. The van der Waals surface area contributed by atoms with Gasteiger partial charge in [0.15, 0.2) is 0 Å². The predicted molar refractivity (Wildman–Crippen MR) is 58.3 cm³/mol. The Hall–Kier alpha value is -1.22. The van der Waals surface area contributed by atoms with Crippen LogP contribution < -0.4 is 5.32 Å². The third kappa shape index (κ3) is 4.72. The van der Waals surface area contributed by atoms with Crippen molar-refractivity contribution < 1.29 is 4.79 Å². The van der Waals surface area contributed by atoms with Crippen molar-refractivity contribution in [3.05, 3.63) is 30.1 Å². The van der Waals surface area contributed by atoms with E-state index in [0.717, 1.165) is 5.69 Å². The minimum Gasteiger partial charge on any atom is -0.323 e. The zero-order valence-corrected chi connectivity index (χ0v) is 9.24. The number of hydrogen-bond acceptors (Lipinski definition) is 3. The van der Waals surface area contributed by atoms with E-state index >= 15 is 0 Å². The summed E-state index contributed by atoms with van der Waals surface area (Å²) in [6.07, 6.45) is 1.70. The molecule has 0 bridgehead atoms.